The zero-order chi connectivity index (χ0) is 19.6. The molecule has 0 aliphatic heterocycles. The molecule has 6 nitrogen and oxygen atoms in total. The number of halogens is 4. The van der Waals surface area contributed by atoms with Crippen molar-refractivity contribution in [3.63, 3.8) is 0 Å². The van der Waals surface area contributed by atoms with Gasteiger partial charge in [-0.3, -0.25) is 0 Å². The minimum absolute atomic E-state index is 0.0210. The van der Waals surface area contributed by atoms with Gasteiger partial charge in [-0.05, 0) is 77.3 Å². The van der Waals surface area contributed by atoms with Crippen LogP contribution in [-0.4, -0.2) is 21.6 Å². The molecule has 0 unspecified atom stereocenters. The number of hydrogen-bond acceptors (Lipinski definition) is 4. The predicted molar refractivity (Wildman–Crippen MR) is 107 cm³/mol. The van der Waals surface area contributed by atoms with Crippen LogP contribution in [0.3, 0.4) is 0 Å². The van der Waals surface area contributed by atoms with Gasteiger partial charge in [-0.15, -0.1) is 23.4 Å². The molecule has 3 aromatic rings. The lowest BCUT2D eigenvalue weighted by molar-refractivity contribution is -0.274. The van der Waals surface area contributed by atoms with Crippen LogP contribution >= 0.6 is 34.8 Å². The Hall–Kier alpha value is -2.41. The van der Waals surface area contributed by atoms with Crippen LogP contribution in [0.2, 0.25) is 0 Å². The van der Waals surface area contributed by atoms with E-state index >= 15 is 0 Å². The Labute approximate surface area is 169 Å². The van der Waals surface area contributed by atoms with Crippen LogP contribution in [0.1, 0.15) is 0 Å². The van der Waals surface area contributed by atoms with Crippen LogP contribution < -0.4 is 10.1 Å². The average molecular weight is 506 g/mol. The molecule has 11 heteroatoms. The van der Waals surface area contributed by atoms with Crippen LogP contribution in [-0.2, 0) is 0 Å². The van der Waals surface area contributed by atoms with Crippen LogP contribution in [0.4, 0.5) is 24.5 Å². The molecular weight excluding hydrogens is 496 g/mol. The first-order valence-electron chi connectivity index (χ1n) is 7.30. The number of fused-ring (bicyclic) bond motifs is 1. The number of thiocarbonyl (C=S) groups is 1. The summed E-state index contributed by atoms with van der Waals surface area (Å²) in [6.45, 7) is 0. The second-order valence-electron chi connectivity index (χ2n) is 5.21. The summed E-state index contributed by atoms with van der Waals surface area (Å²) in [6, 6.07) is 10.9. The van der Waals surface area contributed by atoms with E-state index < -0.39 is 12.1 Å². The summed E-state index contributed by atoms with van der Waals surface area (Å²) in [5, 5.41) is 20.7. The third-order valence-electron chi connectivity index (χ3n) is 3.29. The third-order valence-corrected chi connectivity index (χ3v) is 4.20. The van der Waals surface area contributed by atoms with Gasteiger partial charge in [0.05, 0.1) is 5.52 Å². The van der Waals surface area contributed by atoms with Crippen molar-refractivity contribution in [1.82, 2.24) is 4.98 Å². The van der Waals surface area contributed by atoms with Crippen molar-refractivity contribution in [1.29, 1.82) is 0 Å². The van der Waals surface area contributed by atoms with E-state index in [-0.39, 0.29) is 22.1 Å². The van der Waals surface area contributed by atoms with Gasteiger partial charge in [0.15, 0.2) is 5.69 Å². The number of nitrogens with one attached hydrogen (secondary N) is 2. The number of azo groups is 1. The number of aromatic hydroxyl groups is 1. The third kappa shape index (κ3) is 5.07. The highest BCUT2D eigenvalue weighted by Crippen LogP contribution is 2.38. The fraction of sp³-hybridized carbons (Fsp3) is 0.0625. The van der Waals surface area contributed by atoms with E-state index in [2.05, 4.69) is 47.9 Å². The summed E-state index contributed by atoms with van der Waals surface area (Å²) in [4.78, 5) is 2.60. The summed E-state index contributed by atoms with van der Waals surface area (Å²) < 4.78 is 42.1. The maximum absolute atomic E-state index is 12.4. The van der Waals surface area contributed by atoms with E-state index in [1.54, 1.807) is 12.1 Å². The normalized spacial score (nSPS) is 11.9. The average Bonchev–Trinajstić information content (AvgIpc) is 2.88. The van der Waals surface area contributed by atoms with Gasteiger partial charge in [-0.2, -0.15) is 0 Å². The maximum atomic E-state index is 12.4. The summed E-state index contributed by atoms with van der Waals surface area (Å²) >= 11 is 7.23. The number of aromatic amines is 1. The fourth-order valence-corrected chi connectivity index (χ4v) is 2.74. The molecule has 0 aliphatic carbocycles. The number of aromatic nitrogens is 1. The molecule has 0 saturated heterocycles. The van der Waals surface area contributed by atoms with Crippen LogP contribution in [0.25, 0.3) is 10.9 Å². The Balaban J connectivity index is 1.83. The van der Waals surface area contributed by atoms with E-state index in [0.717, 1.165) is 15.7 Å². The van der Waals surface area contributed by atoms with Crippen LogP contribution in [0, 0.1) is 3.57 Å². The number of hydrogen-bond donors (Lipinski definition) is 3. The number of H-pyrrole nitrogens is 1. The topological polar surface area (TPSA) is 82.0 Å². The Morgan fingerprint density at radius 2 is 1.89 bits per heavy atom. The van der Waals surface area contributed by atoms with Crippen molar-refractivity contribution in [2.75, 3.05) is 5.32 Å². The minimum atomic E-state index is -4.83. The quantitative estimate of drug-likeness (QED) is 0.236. The molecule has 3 rings (SSSR count). The van der Waals surface area contributed by atoms with E-state index in [1.807, 2.05) is 12.1 Å². The lowest BCUT2D eigenvalue weighted by Gasteiger charge is -2.08. The number of benzene rings is 2. The second-order valence-corrected chi connectivity index (χ2v) is 6.85. The number of anilines is 1. The lowest BCUT2D eigenvalue weighted by Crippen LogP contribution is -2.16. The molecule has 27 heavy (non-hydrogen) atoms. The van der Waals surface area contributed by atoms with Crippen LogP contribution in [0.5, 0.6) is 11.6 Å². The predicted octanol–water partition coefficient (Wildman–Crippen LogP) is 5.86. The van der Waals surface area contributed by atoms with Crippen molar-refractivity contribution in [3.05, 3.63) is 46.0 Å². The van der Waals surface area contributed by atoms with Crippen molar-refractivity contribution >= 4 is 62.2 Å². The molecule has 0 amide bonds. The summed E-state index contributed by atoms with van der Waals surface area (Å²) in [5.74, 6) is -0.792. The molecule has 0 atom stereocenters. The van der Waals surface area contributed by atoms with E-state index in [9.17, 15) is 18.3 Å². The van der Waals surface area contributed by atoms with Crippen molar-refractivity contribution in [3.8, 4) is 11.6 Å². The SMILES string of the molecule is Oc1[nH]c2ccc(OC(F)(F)F)cc2c1N=NC(=S)Nc1ccc(I)cc1. The molecule has 0 spiro atoms. The van der Waals surface area contributed by atoms with Gasteiger partial charge in [-0.1, -0.05) is 0 Å². The van der Waals surface area contributed by atoms with Gasteiger partial charge in [0, 0.05) is 14.6 Å². The summed E-state index contributed by atoms with van der Waals surface area (Å²) in [5.41, 5.74) is 1.01. The number of nitrogens with zero attached hydrogens (tertiary/aromatic N) is 2. The fourth-order valence-electron chi connectivity index (χ4n) is 2.22. The van der Waals surface area contributed by atoms with Gasteiger partial charge in [0.2, 0.25) is 11.0 Å². The molecule has 0 radical (unpaired) electrons. The van der Waals surface area contributed by atoms with Gasteiger partial charge >= 0.3 is 6.36 Å². The Bertz CT molecular complexity index is 1020. The van der Waals surface area contributed by atoms with E-state index in [1.165, 1.54) is 6.07 Å². The Morgan fingerprint density at radius 3 is 2.56 bits per heavy atom. The van der Waals surface area contributed by atoms with Crippen molar-refractivity contribution in [2.45, 2.75) is 6.36 Å². The molecule has 0 bridgehead atoms. The Morgan fingerprint density at radius 1 is 1.19 bits per heavy atom. The molecule has 0 fully saturated rings. The molecule has 2 aromatic carbocycles. The first-order chi connectivity index (χ1) is 12.7. The van der Waals surface area contributed by atoms with Gasteiger partial charge < -0.3 is 20.1 Å². The molecular formula is C16H10F3IN4O2S. The molecule has 140 valence electrons. The van der Waals surface area contributed by atoms with E-state index in [0.29, 0.717) is 11.2 Å². The largest absolute Gasteiger partial charge is 0.573 e. The number of ether oxygens (including phenoxy) is 1. The highest BCUT2D eigenvalue weighted by atomic mass is 127. The number of rotatable bonds is 3. The standard InChI is InChI=1S/C16H10F3IN4O2S/c17-16(18,19)26-10-5-6-12-11(7-10)13(14(25)22-12)23-24-15(27)21-9-3-1-8(20)2-4-9/h1-7,22,25H,(H,21,27). The highest BCUT2D eigenvalue weighted by molar-refractivity contribution is 14.1. The monoisotopic (exact) mass is 506 g/mol. The number of alkyl halides is 3. The van der Waals surface area contributed by atoms with Crippen molar-refractivity contribution < 1.29 is 23.0 Å². The molecule has 0 saturated carbocycles. The van der Waals surface area contributed by atoms with Crippen LogP contribution in [0.15, 0.2) is 52.7 Å². The maximum Gasteiger partial charge on any atom is 0.573 e. The first kappa shape index (κ1) is 19.4. The van der Waals surface area contributed by atoms with Gasteiger partial charge in [0.25, 0.3) is 0 Å². The molecule has 1 heterocycles. The molecule has 0 aliphatic rings. The lowest BCUT2D eigenvalue weighted by atomic mass is 10.2. The van der Waals surface area contributed by atoms with Gasteiger partial charge in [0.1, 0.15) is 5.75 Å². The molecule has 3 N–H and O–H groups in total. The molecule has 1 aromatic heterocycles. The smallest absolute Gasteiger partial charge is 0.493 e. The second kappa shape index (κ2) is 7.68. The summed E-state index contributed by atoms with van der Waals surface area (Å²) in [7, 11) is 0. The minimum Gasteiger partial charge on any atom is -0.493 e. The van der Waals surface area contributed by atoms with E-state index in [4.69, 9.17) is 12.2 Å². The van der Waals surface area contributed by atoms with Gasteiger partial charge in [-0.25, -0.2) is 0 Å². The Kier molecular flexibility index (Phi) is 5.51. The summed E-state index contributed by atoms with van der Waals surface area (Å²) in [6.07, 6.45) is -4.83. The zero-order valence-electron chi connectivity index (χ0n) is 13.2. The first-order valence-corrected chi connectivity index (χ1v) is 8.79. The highest BCUT2D eigenvalue weighted by Gasteiger charge is 2.31. The van der Waals surface area contributed by atoms with Crippen molar-refractivity contribution in [2.24, 2.45) is 10.2 Å². The zero-order valence-corrected chi connectivity index (χ0v) is 16.2.